The monoisotopic (exact) mass is 817 g/mol. The topological polar surface area (TPSA) is 173 Å². The van der Waals surface area contributed by atoms with Crippen molar-refractivity contribution in [3.8, 4) is 0 Å². The van der Waals surface area contributed by atoms with Crippen molar-refractivity contribution in [3.63, 3.8) is 0 Å². The number of rotatable bonds is 16. The Labute approximate surface area is 349 Å². The van der Waals surface area contributed by atoms with Gasteiger partial charge in [-0.15, -0.1) is 0 Å². The maximum Gasteiger partial charge on any atom is 0.410 e. The molecule has 0 unspecified atom stereocenters. The minimum atomic E-state index is -0.545. The normalized spacial score (nSPS) is 16.3. The number of hydrogen-bond donors (Lipinski definition) is 2. The lowest BCUT2D eigenvalue weighted by Crippen LogP contribution is -2.51. The molecule has 3 fully saturated rings. The van der Waals surface area contributed by atoms with E-state index in [1.807, 2.05) is 51.1 Å². The fraction of sp³-hybridized carbons (Fsp3) is 0.659. The average molecular weight is 817 g/mol. The van der Waals surface area contributed by atoms with Gasteiger partial charge in [0.2, 0.25) is 35.7 Å². The van der Waals surface area contributed by atoms with Gasteiger partial charge in [0.1, 0.15) is 12.2 Å². The number of benzene rings is 1. The number of amides is 2. The van der Waals surface area contributed by atoms with Gasteiger partial charge in [0.05, 0.1) is 0 Å². The molecule has 3 aromatic rings. The number of carbonyl (C=O) groups excluding carboxylic acids is 2. The quantitative estimate of drug-likeness (QED) is 0.183. The second-order valence-corrected chi connectivity index (χ2v) is 16.2. The van der Waals surface area contributed by atoms with Crippen LogP contribution in [0, 0.1) is 0 Å². The standard InChI is InChI=1S/C41H64N14O4/c1-6-8-13-17-42-33-44-35(48-37(46-33)52-23-27-54(28-24-52)39(56)58-31-32-15-11-10-12-16-32)50-19-21-51(22-20-50)36-45-34(43-18-14-9-7-2)47-38(49-36)53-25-29-55(30-26-53)40(57)59-41(3,4)5/h10-12,15-16H,6-9,13-14,17-31H2,1-5H3,(H,42,44,46,48)(H,43,45,47,49). The van der Waals surface area contributed by atoms with Crippen LogP contribution < -0.4 is 30.2 Å². The Balaban J connectivity index is 1.11. The summed E-state index contributed by atoms with van der Waals surface area (Å²) in [6.45, 7) is 18.9. The van der Waals surface area contributed by atoms with Gasteiger partial charge in [0, 0.05) is 91.6 Å². The maximum atomic E-state index is 12.9. The largest absolute Gasteiger partial charge is 0.445 e. The fourth-order valence-corrected chi connectivity index (χ4v) is 7.00. The Bertz CT molecular complexity index is 1770. The molecule has 59 heavy (non-hydrogen) atoms. The first-order valence-electron chi connectivity index (χ1n) is 21.5. The summed E-state index contributed by atoms with van der Waals surface area (Å²) in [5, 5.41) is 6.88. The molecule has 1 aromatic carbocycles. The van der Waals surface area contributed by atoms with Crippen LogP contribution in [0.1, 0.15) is 78.7 Å². The summed E-state index contributed by atoms with van der Waals surface area (Å²) in [6.07, 6.45) is 5.95. The van der Waals surface area contributed by atoms with E-state index >= 15 is 0 Å². The predicted octanol–water partition coefficient (Wildman–Crippen LogP) is 5.10. The minimum absolute atomic E-state index is 0.247. The third kappa shape index (κ3) is 12.8. The molecule has 0 radical (unpaired) electrons. The Kier molecular flexibility index (Phi) is 15.4. The van der Waals surface area contributed by atoms with E-state index in [0.29, 0.717) is 114 Å². The molecule has 3 aliphatic rings. The highest BCUT2D eigenvalue weighted by Gasteiger charge is 2.30. The summed E-state index contributed by atoms with van der Waals surface area (Å²) < 4.78 is 11.2. The van der Waals surface area contributed by atoms with Gasteiger partial charge in [0.25, 0.3) is 0 Å². The number of nitrogens with one attached hydrogen (secondary N) is 2. The van der Waals surface area contributed by atoms with Crippen molar-refractivity contribution >= 4 is 47.9 Å². The zero-order valence-electron chi connectivity index (χ0n) is 35.7. The molecule has 18 heteroatoms. The van der Waals surface area contributed by atoms with Crippen LogP contribution in [0.4, 0.5) is 45.3 Å². The lowest BCUT2D eigenvalue weighted by molar-refractivity contribution is 0.0240. The van der Waals surface area contributed by atoms with Crippen molar-refractivity contribution in [2.75, 3.05) is 122 Å². The number of carbonyl (C=O) groups is 2. The van der Waals surface area contributed by atoms with E-state index in [2.05, 4.69) is 44.1 Å². The first-order valence-corrected chi connectivity index (χ1v) is 21.5. The van der Waals surface area contributed by atoms with Gasteiger partial charge < -0.3 is 49.5 Å². The maximum absolute atomic E-state index is 12.9. The number of unbranched alkanes of at least 4 members (excludes halogenated alkanes) is 4. The first-order chi connectivity index (χ1) is 28.6. The van der Waals surface area contributed by atoms with E-state index in [0.717, 1.165) is 57.2 Å². The lowest BCUT2D eigenvalue weighted by Gasteiger charge is -2.37. The van der Waals surface area contributed by atoms with E-state index in [-0.39, 0.29) is 18.8 Å². The van der Waals surface area contributed by atoms with Crippen LogP contribution in [0.25, 0.3) is 0 Å². The number of piperazine rings is 3. The number of aromatic nitrogens is 6. The molecule has 3 saturated heterocycles. The van der Waals surface area contributed by atoms with Crippen LogP contribution in [0.15, 0.2) is 30.3 Å². The van der Waals surface area contributed by atoms with E-state index in [1.165, 1.54) is 0 Å². The summed E-state index contributed by atoms with van der Waals surface area (Å²) in [5.74, 6) is 3.56. The molecule has 0 saturated carbocycles. The lowest BCUT2D eigenvalue weighted by atomic mass is 10.2. The molecule has 0 spiro atoms. The van der Waals surface area contributed by atoms with Crippen LogP contribution in [0.5, 0.6) is 0 Å². The molecule has 6 rings (SSSR count). The first kappa shape index (κ1) is 43.2. The van der Waals surface area contributed by atoms with Crippen molar-refractivity contribution in [2.24, 2.45) is 0 Å². The number of ether oxygens (including phenoxy) is 2. The van der Waals surface area contributed by atoms with E-state index in [1.54, 1.807) is 9.80 Å². The van der Waals surface area contributed by atoms with Crippen LogP contribution in [-0.4, -0.2) is 149 Å². The molecule has 0 atom stereocenters. The fourth-order valence-electron chi connectivity index (χ4n) is 7.00. The minimum Gasteiger partial charge on any atom is -0.445 e. The van der Waals surface area contributed by atoms with Crippen molar-refractivity contribution in [3.05, 3.63) is 35.9 Å². The summed E-state index contributed by atoms with van der Waals surface area (Å²) in [7, 11) is 0. The Morgan fingerprint density at radius 1 is 0.559 bits per heavy atom. The van der Waals surface area contributed by atoms with Crippen molar-refractivity contribution in [2.45, 2.75) is 85.4 Å². The summed E-state index contributed by atoms with van der Waals surface area (Å²) >= 11 is 0. The van der Waals surface area contributed by atoms with Crippen LogP contribution in [0.2, 0.25) is 0 Å². The zero-order chi connectivity index (χ0) is 41.6. The molecule has 2 N–H and O–H groups in total. The van der Waals surface area contributed by atoms with E-state index in [4.69, 9.17) is 39.4 Å². The molecule has 2 amide bonds. The van der Waals surface area contributed by atoms with Crippen molar-refractivity contribution in [1.82, 2.24) is 39.7 Å². The molecule has 0 bridgehead atoms. The zero-order valence-corrected chi connectivity index (χ0v) is 35.7. The van der Waals surface area contributed by atoms with E-state index < -0.39 is 5.60 Å². The Morgan fingerprint density at radius 2 is 0.949 bits per heavy atom. The van der Waals surface area contributed by atoms with E-state index in [9.17, 15) is 9.59 Å². The molecule has 2 aromatic heterocycles. The number of nitrogens with zero attached hydrogens (tertiary/aromatic N) is 12. The second kappa shape index (κ2) is 21.0. The third-order valence-electron chi connectivity index (χ3n) is 10.4. The molecule has 18 nitrogen and oxygen atoms in total. The molecule has 3 aliphatic heterocycles. The summed E-state index contributed by atoms with van der Waals surface area (Å²) in [4.78, 5) is 67.1. The Morgan fingerprint density at radius 3 is 1.34 bits per heavy atom. The van der Waals surface area contributed by atoms with Gasteiger partial charge >= 0.3 is 12.2 Å². The van der Waals surface area contributed by atoms with Gasteiger partial charge in [-0.3, -0.25) is 0 Å². The molecule has 0 aliphatic carbocycles. The Hall–Kier alpha value is -5.42. The highest BCUT2D eigenvalue weighted by atomic mass is 16.6. The SMILES string of the molecule is CCCCCNc1nc(N2CCN(C(=O)OCc3ccccc3)CC2)nc(N2CCN(c3nc(NCCCCC)nc(N4CCN(C(=O)OC(C)(C)C)CC4)n3)CC2)n1. The van der Waals surface area contributed by atoms with Gasteiger partial charge in [-0.05, 0) is 39.2 Å². The summed E-state index contributed by atoms with van der Waals surface area (Å²) in [5.41, 5.74) is 0.415. The number of anilines is 6. The van der Waals surface area contributed by atoms with Gasteiger partial charge in [-0.2, -0.15) is 29.9 Å². The van der Waals surface area contributed by atoms with Crippen molar-refractivity contribution in [1.29, 1.82) is 0 Å². The van der Waals surface area contributed by atoms with Gasteiger partial charge in [-0.25, -0.2) is 9.59 Å². The van der Waals surface area contributed by atoms with Crippen LogP contribution in [0.3, 0.4) is 0 Å². The predicted molar refractivity (Wildman–Crippen MR) is 231 cm³/mol. The van der Waals surface area contributed by atoms with Gasteiger partial charge in [0.15, 0.2) is 0 Å². The molecule has 5 heterocycles. The average Bonchev–Trinajstić information content (AvgIpc) is 3.25. The van der Waals surface area contributed by atoms with Crippen LogP contribution in [-0.2, 0) is 16.1 Å². The third-order valence-corrected chi connectivity index (χ3v) is 10.4. The van der Waals surface area contributed by atoms with Crippen LogP contribution >= 0.6 is 0 Å². The number of hydrogen-bond acceptors (Lipinski definition) is 16. The highest BCUT2D eigenvalue weighted by Crippen LogP contribution is 2.24. The second-order valence-electron chi connectivity index (χ2n) is 16.2. The summed E-state index contributed by atoms with van der Waals surface area (Å²) in [6, 6.07) is 9.72. The molecule has 322 valence electrons. The van der Waals surface area contributed by atoms with Gasteiger partial charge in [-0.1, -0.05) is 69.9 Å². The highest BCUT2D eigenvalue weighted by molar-refractivity contribution is 5.69. The van der Waals surface area contributed by atoms with Crippen molar-refractivity contribution < 1.29 is 19.1 Å². The molecular weight excluding hydrogens is 753 g/mol. The molecular formula is C41H64N14O4. The smallest absolute Gasteiger partial charge is 0.410 e.